The summed E-state index contributed by atoms with van der Waals surface area (Å²) in [6, 6.07) is 3.21. The minimum Gasteiger partial charge on any atom is -0.480 e. The highest BCUT2D eigenvalue weighted by Crippen LogP contribution is 2.25. The highest BCUT2D eigenvalue weighted by Gasteiger charge is 2.35. The molecular formula is C11H7F3I3NO3. The van der Waals surface area contributed by atoms with Gasteiger partial charge in [0, 0.05) is 10.7 Å². The first-order valence-corrected chi connectivity index (χ1v) is 8.47. The molecule has 10 heteroatoms. The monoisotopic (exact) mass is 639 g/mol. The Bertz CT molecular complexity index is 578. The third-order valence-electron chi connectivity index (χ3n) is 2.21. The second-order valence-electron chi connectivity index (χ2n) is 3.92. The number of rotatable bonds is 4. The van der Waals surface area contributed by atoms with E-state index in [1.165, 1.54) is 6.07 Å². The van der Waals surface area contributed by atoms with Crippen LogP contribution in [0.15, 0.2) is 12.1 Å². The van der Waals surface area contributed by atoms with Crippen LogP contribution in [-0.4, -0.2) is 41.1 Å². The number of carbonyl (C=O) groups is 2. The van der Waals surface area contributed by atoms with Gasteiger partial charge >= 0.3 is 12.1 Å². The van der Waals surface area contributed by atoms with E-state index in [0.717, 1.165) is 0 Å². The number of carboxylic acid groups (broad SMARTS) is 1. The zero-order valence-corrected chi connectivity index (χ0v) is 16.5. The fourth-order valence-corrected chi connectivity index (χ4v) is 3.85. The van der Waals surface area contributed by atoms with Crippen molar-refractivity contribution in [2.75, 3.05) is 13.1 Å². The maximum Gasteiger partial charge on any atom is 0.406 e. The van der Waals surface area contributed by atoms with Crippen LogP contribution in [0.3, 0.4) is 0 Å². The zero-order chi connectivity index (χ0) is 16.4. The molecule has 0 aliphatic carbocycles. The molecule has 1 N–H and O–H groups in total. The van der Waals surface area contributed by atoms with Crippen molar-refractivity contribution in [3.05, 3.63) is 28.4 Å². The Morgan fingerprint density at radius 1 is 1.19 bits per heavy atom. The molecular weight excluding hydrogens is 632 g/mol. The minimum atomic E-state index is -4.66. The van der Waals surface area contributed by atoms with Crippen LogP contribution in [0.25, 0.3) is 0 Å². The average Bonchev–Trinajstić information content (AvgIpc) is 2.29. The van der Waals surface area contributed by atoms with Gasteiger partial charge in [0.25, 0.3) is 5.91 Å². The van der Waals surface area contributed by atoms with Gasteiger partial charge in [0.05, 0.1) is 5.56 Å². The number of hydrogen-bond acceptors (Lipinski definition) is 2. The Kier molecular flexibility index (Phi) is 6.95. The zero-order valence-electron chi connectivity index (χ0n) is 10.0. The molecule has 0 heterocycles. The van der Waals surface area contributed by atoms with Gasteiger partial charge in [0.15, 0.2) is 0 Å². The summed E-state index contributed by atoms with van der Waals surface area (Å²) >= 11 is 5.76. The molecule has 0 bridgehead atoms. The smallest absolute Gasteiger partial charge is 0.406 e. The third-order valence-corrected chi connectivity index (χ3v) is 5.87. The predicted octanol–water partition coefficient (Wildman–Crippen LogP) is 3.59. The van der Waals surface area contributed by atoms with Crippen LogP contribution in [-0.2, 0) is 4.79 Å². The number of benzene rings is 1. The molecule has 0 atom stereocenters. The van der Waals surface area contributed by atoms with E-state index < -0.39 is 31.1 Å². The van der Waals surface area contributed by atoms with Gasteiger partial charge < -0.3 is 10.0 Å². The summed E-state index contributed by atoms with van der Waals surface area (Å²) in [5, 5.41) is 8.69. The molecule has 1 rings (SSSR count). The maximum absolute atomic E-state index is 12.5. The SMILES string of the molecule is O=C(O)CN(CC(F)(F)F)C(=O)c1cc(I)cc(I)c1I. The molecule has 0 saturated heterocycles. The first-order chi connectivity index (χ1) is 9.51. The van der Waals surface area contributed by atoms with Gasteiger partial charge in [-0.3, -0.25) is 9.59 Å². The third kappa shape index (κ3) is 6.03. The summed E-state index contributed by atoms with van der Waals surface area (Å²) in [6.45, 7) is -2.60. The van der Waals surface area contributed by atoms with Gasteiger partial charge in [0.1, 0.15) is 13.1 Å². The van der Waals surface area contributed by atoms with Crippen molar-refractivity contribution < 1.29 is 27.9 Å². The molecule has 0 fully saturated rings. The van der Waals surface area contributed by atoms with E-state index in [4.69, 9.17) is 5.11 Å². The molecule has 116 valence electrons. The fraction of sp³-hybridized carbons (Fsp3) is 0.273. The quantitative estimate of drug-likeness (QED) is 0.406. The van der Waals surface area contributed by atoms with Gasteiger partial charge in [0.2, 0.25) is 0 Å². The van der Waals surface area contributed by atoms with Gasteiger partial charge in [-0.2, -0.15) is 13.2 Å². The van der Waals surface area contributed by atoms with E-state index in [1.54, 1.807) is 6.07 Å². The minimum absolute atomic E-state index is 0.0670. The van der Waals surface area contributed by atoms with Gasteiger partial charge in [-0.25, -0.2) is 0 Å². The Morgan fingerprint density at radius 2 is 1.76 bits per heavy atom. The van der Waals surface area contributed by atoms with Crippen molar-refractivity contribution in [2.45, 2.75) is 6.18 Å². The highest BCUT2D eigenvalue weighted by atomic mass is 127. The van der Waals surface area contributed by atoms with Crippen LogP contribution in [0.1, 0.15) is 10.4 Å². The molecule has 21 heavy (non-hydrogen) atoms. The summed E-state index contributed by atoms with van der Waals surface area (Å²) in [6.07, 6.45) is -4.66. The molecule has 0 saturated carbocycles. The van der Waals surface area contributed by atoms with E-state index in [2.05, 4.69) is 0 Å². The maximum atomic E-state index is 12.5. The van der Waals surface area contributed by atoms with Gasteiger partial charge in [-0.05, 0) is 79.9 Å². The van der Waals surface area contributed by atoms with Gasteiger partial charge in [-0.15, -0.1) is 0 Å². The van der Waals surface area contributed by atoms with Crippen LogP contribution >= 0.6 is 67.8 Å². The lowest BCUT2D eigenvalue weighted by Gasteiger charge is -2.23. The van der Waals surface area contributed by atoms with Crippen LogP contribution in [0, 0.1) is 10.7 Å². The predicted molar refractivity (Wildman–Crippen MR) is 94.2 cm³/mol. The standard InChI is InChI=1S/C11H7F3I3NO3/c12-11(13,14)4-18(3-8(19)20)10(21)6-1-5(15)2-7(16)9(6)17/h1-2H,3-4H2,(H,19,20). The summed E-state index contributed by atoms with van der Waals surface area (Å²) in [5.41, 5.74) is 0.0670. The number of carbonyl (C=O) groups excluding carboxylic acids is 1. The van der Waals surface area contributed by atoms with Crippen molar-refractivity contribution in [3.8, 4) is 0 Å². The van der Waals surface area contributed by atoms with Crippen LogP contribution in [0.2, 0.25) is 0 Å². The molecule has 4 nitrogen and oxygen atoms in total. The lowest BCUT2D eigenvalue weighted by molar-refractivity contribution is -0.149. The Morgan fingerprint density at radius 3 is 2.24 bits per heavy atom. The second-order valence-corrected chi connectivity index (χ2v) is 7.41. The first kappa shape index (κ1) is 19.2. The van der Waals surface area contributed by atoms with Crippen molar-refractivity contribution in [1.29, 1.82) is 0 Å². The summed E-state index contributed by atoms with van der Waals surface area (Å²) in [5.74, 6) is -2.45. The summed E-state index contributed by atoms with van der Waals surface area (Å²) < 4.78 is 39.4. The molecule has 0 aliphatic rings. The number of halogens is 6. The number of carboxylic acids is 1. The highest BCUT2D eigenvalue weighted by molar-refractivity contribution is 14.1. The average molecular weight is 639 g/mol. The topological polar surface area (TPSA) is 57.6 Å². The lowest BCUT2D eigenvalue weighted by atomic mass is 10.2. The molecule has 0 spiro atoms. The molecule has 1 aromatic carbocycles. The van der Waals surface area contributed by atoms with Crippen molar-refractivity contribution in [2.24, 2.45) is 0 Å². The molecule has 1 amide bonds. The van der Waals surface area contributed by atoms with E-state index in [0.29, 0.717) is 10.7 Å². The van der Waals surface area contributed by atoms with Crippen LogP contribution in [0.4, 0.5) is 13.2 Å². The van der Waals surface area contributed by atoms with Crippen molar-refractivity contribution in [3.63, 3.8) is 0 Å². The van der Waals surface area contributed by atoms with E-state index in [1.807, 2.05) is 67.8 Å². The fourth-order valence-electron chi connectivity index (χ4n) is 1.46. The Balaban J connectivity index is 3.19. The van der Waals surface area contributed by atoms with Crippen LogP contribution < -0.4 is 0 Å². The molecule has 0 unspecified atom stereocenters. The normalized spacial score (nSPS) is 11.3. The van der Waals surface area contributed by atoms with E-state index >= 15 is 0 Å². The number of alkyl halides is 3. The molecule has 0 aromatic heterocycles. The number of nitrogens with zero attached hydrogens (tertiary/aromatic N) is 1. The summed E-state index contributed by atoms with van der Waals surface area (Å²) in [4.78, 5) is 23.2. The summed E-state index contributed by atoms with van der Waals surface area (Å²) in [7, 11) is 0. The largest absolute Gasteiger partial charge is 0.480 e. The second kappa shape index (κ2) is 7.61. The van der Waals surface area contributed by atoms with Crippen molar-refractivity contribution in [1.82, 2.24) is 4.90 Å². The van der Waals surface area contributed by atoms with Crippen LogP contribution in [0.5, 0.6) is 0 Å². The van der Waals surface area contributed by atoms with E-state index in [-0.39, 0.29) is 10.5 Å². The lowest BCUT2D eigenvalue weighted by Crippen LogP contribution is -2.42. The number of aliphatic carboxylic acids is 1. The Labute approximate surface area is 158 Å². The van der Waals surface area contributed by atoms with Crippen molar-refractivity contribution >= 4 is 79.6 Å². The number of amides is 1. The van der Waals surface area contributed by atoms with Gasteiger partial charge in [-0.1, -0.05) is 0 Å². The Hall–Kier alpha value is 0.140. The van der Waals surface area contributed by atoms with E-state index in [9.17, 15) is 22.8 Å². The molecule has 1 aromatic rings. The first-order valence-electron chi connectivity index (χ1n) is 5.23. The molecule has 0 aliphatic heterocycles. The molecule has 0 radical (unpaired) electrons. The number of hydrogen-bond donors (Lipinski definition) is 1.